The molecule has 0 bridgehead atoms. The first-order valence-corrected chi connectivity index (χ1v) is 18.3. The molecule has 2 heterocycles. The first-order valence-electron chi connectivity index (χ1n) is 18.3. The van der Waals surface area contributed by atoms with E-state index in [1.165, 1.54) is 21.5 Å². The summed E-state index contributed by atoms with van der Waals surface area (Å²) >= 11 is 0. The van der Waals surface area contributed by atoms with E-state index >= 15 is 0 Å². The summed E-state index contributed by atoms with van der Waals surface area (Å²) in [6.45, 7) is 0. The Morgan fingerprint density at radius 2 is 0.815 bits per heavy atom. The molecule has 0 atom stereocenters. The molecule has 0 amide bonds. The Kier molecular flexibility index (Phi) is 6.82. The molecule has 254 valence electrons. The summed E-state index contributed by atoms with van der Waals surface area (Å²) in [5.41, 5.74) is 9.68. The SMILES string of the molecule is c1ccc(N(c2ccc3oc4cc(N(c5cccc6ccccc56)c5cccc6ccccc56)ccc4c3c2)c2cccc3c2oc2ccccc23)cc1. The number of furan rings is 2. The summed E-state index contributed by atoms with van der Waals surface area (Å²) in [5, 5.41) is 9.06. The topological polar surface area (TPSA) is 32.8 Å². The number of hydrogen-bond acceptors (Lipinski definition) is 4. The molecule has 0 spiro atoms. The summed E-state index contributed by atoms with van der Waals surface area (Å²) in [6, 6.07) is 68.4. The van der Waals surface area contributed by atoms with E-state index in [1.54, 1.807) is 0 Å². The number of anilines is 6. The minimum Gasteiger partial charge on any atom is -0.456 e. The maximum atomic E-state index is 6.68. The molecule has 2 aromatic heterocycles. The molecule has 0 saturated carbocycles. The third-order valence-corrected chi connectivity index (χ3v) is 10.6. The van der Waals surface area contributed by atoms with Crippen LogP contribution in [0.15, 0.2) is 203 Å². The minimum absolute atomic E-state index is 0.829. The van der Waals surface area contributed by atoms with Crippen molar-refractivity contribution < 1.29 is 8.83 Å². The van der Waals surface area contributed by atoms with Gasteiger partial charge in [-0.3, -0.25) is 0 Å². The second-order valence-corrected chi connectivity index (χ2v) is 13.7. The smallest absolute Gasteiger partial charge is 0.159 e. The molecule has 9 aromatic carbocycles. The highest BCUT2D eigenvalue weighted by atomic mass is 16.3. The van der Waals surface area contributed by atoms with Gasteiger partial charge in [-0.05, 0) is 77.5 Å². The molecule has 0 saturated heterocycles. The standard InChI is InChI=1S/C50H32N2O2/c1-2-17-35(18-3-1)51(46-25-12-22-42-40-21-8-9-26-47(40)54-50(42)46)36-28-30-48-43(31-36)41-29-27-37(32-49(41)53-48)52(44-23-10-15-33-13-4-6-19-38(33)44)45-24-11-16-34-14-5-7-20-39(34)45/h1-32H. The third-order valence-electron chi connectivity index (χ3n) is 10.6. The average molecular weight is 693 g/mol. The van der Waals surface area contributed by atoms with Crippen molar-refractivity contribution in [1.82, 2.24) is 0 Å². The van der Waals surface area contributed by atoms with Gasteiger partial charge in [0.25, 0.3) is 0 Å². The van der Waals surface area contributed by atoms with E-state index in [0.717, 1.165) is 78.0 Å². The summed E-state index contributed by atoms with van der Waals surface area (Å²) in [7, 11) is 0. The van der Waals surface area contributed by atoms with Crippen molar-refractivity contribution >= 4 is 99.5 Å². The van der Waals surface area contributed by atoms with Crippen molar-refractivity contribution in [2.24, 2.45) is 0 Å². The van der Waals surface area contributed by atoms with Crippen LogP contribution in [-0.4, -0.2) is 0 Å². The van der Waals surface area contributed by atoms with E-state index in [-0.39, 0.29) is 0 Å². The predicted octanol–water partition coefficient (Wildman–Crippen LogP) is 14.7. The maximum Gasteiger partial charge on any atom is 0.159 e. The van der Waals surface area contributed by atoms with Crippen LogP contribution in [0.2, 0.25) is 0 Å². The van der Waals surface area contributed by atoms with Gasteiger partial charge >= 0.3 is 0 Å². The Bertz CT molecular complexity index is 3100. The van der Waals surface area contributed by atoms with Gasteiger partial charge in [0.2, 0.25) is 0 Å². The van der Waals surface area contributed by atoms with Crippen molar-refractivity contribution in [1.29, 1.82) is 0 Å². The Balaban J connectivity index is 1.10. The van der Waals surface area contributed by atoms with E-state index in [2.05, 4.69) is 186 Å². The fourth-order valence-corrected chi connectivity index (χ4v) is 8.16. The molecule has 0 aliphatic heterocycles. The van der Waals surface area contributed by atoms with Gasteiger partial charge in [0.15, 0.2) is 5.58 Å². The van der Waals surface area contributed by atoms with E-state index in [4.69, 9.17) is 8.83 Å². The van der Waals surface area contributed by atoms with Crippen LogP contribution in [0.1, 0.15) is 0 Å². The second kappa shape index (κ2) is 12.1. The maximum absolute atomic E-state index is 6.68. The van der Waals surface area contributed by atoms with Gasteiger partial charge in [0, 0.05) is 55.4 Å². The van der Waals surface area contributed by atoms with Crippen molar-refractivity contribution in [3.8, 4) is 0 Å². The van der Waals surface area contributed by atoms with Gasteiger partial charge in [0.1, 0.15) is 16.7 Å². The van der Waals surface area contributed by atoms with Crippen molar-refractivity contribution in [3.05, 3.63) is 194 Å². The predicted molar refractivity (Wildman–Crippen MR) is 225 cm³/mol. The Morgan fingerprint density at radius 3 is 1.57 bits per heavy atom. The molecule has 11 aromatic rings. The van der Waals surface area contributed by atoms with Crippen LogP contribution in [-0.2, 0) is 0 Å². The highest BCUT2D eigenvalue weighted by Gasteiger charge is 2.22. The lowest BCUT2D eigenvalue weighted by atomic mass is 10.0. The zero-order valence-electron chi connectivity index (χ0n) is 29.2. The molecular formula is C50H32N2O2. The van der Waals surface area contributed by atoms with Crippen LogP contribution in [0.5, 0.6) is 0 Å². The lowest BCUT2D eigenvalue weighted by Crippen LogP contribution is -2.11. The summed E-state index contributed by atoms with van der Waals surface area (Å²) in [4.78, 5) is 4.65. The summed E-state index contributed by atoms with van der Waals surface area (Å²) < 4.78 is 13.2. The number of benzene rings is 9. The molecule has 0 aliphatic rings. The quantitative estimate of drug-likeness (QED) is 0.174. The lowest BCUT2D eigenvalue weighted by Gasteiger charge is -2.28. The first-order chi connectivity index (χ1) is 26.8. The zero-order valence-corrected chi connectivity index (χ0v) is 29.2. The molecule has 54 heavy (non-hydrogen) atoms. The number of nitrogens with zero attached hydrogens (tertiary/aromatic N) is 2. The monoisotopic (exact) mass is 692 g/mol. The normalized spacial score (nSPS) is 11.7. The van der Waals surface area contributed by atoms with E-state index in [9.17, 15) is 0 Å². The number of hydrogen-bond donors (Lipinski definition) is 0. The van der Waals surface area contributed by atoms with Crippen LogP contribution in [0.3, 0.4) is 0 Å². The largest absolute Gasteiger partial charge is 0.456 e. The van der Waals surface area contributed by atoms with Crippen molar-refractivity contribution in [2.45, 2.75) is 0 Å². The second-order valence-electron chi connectivity index (χ2n) is 13.7. The highest BCUT2D eigenvalue weighted by molar-refractivity contribution is 6.12. The van der Waals surface area contributed by atoms with Crippen LogP contribution in [0.4, 0.5) is 34.1 Å². The number of fused-ring (bicyclic) bond motifs is 8. The molecule has 0 unspecified atom stereocenters. The third kappa shape index (κ3) is 4.78. The molecular weight excluding hydrogens is 661 g/mol. The lowest BCUT2D eigenvalue weighted by molar-refractivity contribution is 0.669. The van der Waals surface area contributed by atoms with Gasteiger partial charge < -0.3 is 18.6 Å². The molecule has 0 fully saturated rings. The molecule has 4 heteroatoms. The Hall–Kier alpha value is -7.30. The fraction of sp³-hybridized carbons (Fsp3) is 0. The van der Waals surface area contributed by atoms with Crippen LogP contribution in [0, 0.1) is 0 Å². The average Bonchev–Trinajstić information content (AvgIpc) is 3.80. The number of para-hydroxylation sites is 3. The fourth-order valence-electron chi connectivity index (χ4n) is 8.16. The van der Waals surface area contributed by atoms with Gasteiger partial charge in [-0.2, -0.15) is 0 Å². The molecule has 0 radical (unpaired) electrons. The first kappa shape index (κ1) is 30.3. The van der Waals surface area contributed by atoms with Gasteiger partial charge in [-0.25, -0.2) is 0 Å². The summed E-state index contributed by atoms with van der Waals surface area (Å²) in [6.07, 6.45) is 0. The van der Waals surface area contributed by atoms with Crippen LogP contribution < -0.4 is 9.80 Å². The van der Waals surface area contributed by atoms with E-state index in [0.29, 0.717) is 0 Å². The zero-order chi connectivity index (χ0) is 35.6. The molecule has 11 rings (SSSR count). The van der Waals surface area contributed by atoms with Gasteiger partial charge in [0.05, 0.1) is 17.1 Å². The summed E-state index contributed by atoms with van der Waals surface area (Å²) in [5.74, 6) is 0. The van der Waals surface area contributed by atoms with E-state index in [1.807, 2.05) is 18.2 Å². The van der Waals surface area contributed by atoms with Gasteiger partial charge in [-0.15, -0.1) is 0 Å². The van der Waals surface area contributed by atoms with E-state index < -0.39 is 0 Å². The highest BCUT2D eigenvalue weighted by Crippen LogP contribution is 2.46. The molecule has 4 nitrogen and oxygen atoms in total. The van der Waals surface area contributed by atoms with Crippen LogP contribution in [0.25, 0.3) is 65.4 Å². The minimum atomic E-state index is 0.829. The molecule has 0 N–H and O–H groups in total. The Morgan fingerprint density at radius 1 is 0.278 bits per heavy atom. The van der Waals surface area contributed by atoms with Crippen molar-refractivity contribution in [2.75, 3.05) is 9.80 Å². The number of rotatable bonds is 6. The van der Waals surface area contributed by atoms with Crippen molar-refractivity contribution in [3.63, 3.8) is 0 Å². The molecule has 0 aliphatic carbocycles. The Labute approximate surface area is 311 Å². The van der Waals surface area contributed by atoms with Gasteiger partial charge in [-0.1, -0.05) is 121 Å². The van der Waals surface area contributed by atoms with Crippen LogP contribution >= 0.6 is 0 Å².